The van der Waals surface area contributed by atoms with E-state index in [1.807, 2.05) is 13.0 Å². The predicted molar refractivity (Wildman–Crippen MR) is 124 cm³/mol. The summed E-state index contributed by atoms with van der Waals surface area (Å²) in [5.74, 6) is 0.980. The molecule has 0 spiro atoms. The normalized spacial score (nSPS) is 16.6. The summed E-state index contributed by atoms with van der Waals surface area (Å²) in [4.78, 5) is 26.3. The van der Waals surface area contributed by atoms with E-state index in [9.17, 15) is 14.9 Å². The quantitative estimate of drug-likeness (QED) is 0.310. The van der Waals surface area contributed by atoms with Crippen LogP contribution in [0.3, 0.4) is 0 Å². The maximum atomic E-state index is 13.1. The van der Waals surface area contributed by atoms with Crippen molar-refractivity contribution in [1.82, 2.24) is 20.0 Å². The summed E-state index contributed by atoms with van der Waals surface area (Å²) in [6.45, 7) is 6.69. The molecule has 0 bridgehead atoms. The number of amides is 1. The molecule has 174 valence electrons. The number of furan rings is 1. The minimum atomic E-state index is -0.467. The SMILES string of the molecule is Cc1ccc(-c2cc(C(=O)NCCCN3CCCCC3C)n(-c3cccc([N+](=O)[O-])c3)n2)o1. The van der Waals surface area contributed by atoms with Crippen molar-refractivity contribution in [3.05, 3.63) is 64.0 Å². The summed E-state index contributed by atoms with van der Waals surface area (Å²) in [7, 11) is 0. The highest BCUT2D eigenvalue weighted by Gasteiger charge is 2.21. The van der Waals surface area contributed by atoms with Gasteiger partial charge in [-0.15, -0.1) is 0 Å². The maximum Gasteiger partial charge on any atom is 0.271 e. The fraction of sp³-hybridized carbons (Fsp3) is 0.417. The van der Waals surface area contributed by atoms with Crippen LogP contribution < -0.4 is 5.32 Å². The standard InChI is InChI=1S/C24H29N5O4/c1-17-7-3-4-13-27(17)14-6-12-25-24(30)22-16-21(23-11-10-18(2)33-23)26-28(22)19-8-5-9-20(15-19)29(31)32/h5,8-11,15-17H,3-4,6-7,12-14H2,1-2H3,(H,25,30). The molecule has 3 heterocycles. The minimum absolute atomic E-state index is 0.0691. The molecule has 9 nitrogen and oxygen atoms in total. The first-order valence-electron chi connectivity index (χ1n) is 11.4. The highest BCUT2D eigenvalue weighted by Crippen LogP contribution is 2.25. The van der Waals surface area contributed by atoms with Crippen molar-refractivity contribution in [2.75, 3.05) is 19.6 Å². The van der Waals surface area contributed by atoms with Gasteiger partial charge in [0.2, 0.25) is 0 Å². The first kappa shape index (κ1) is 22.7. The van der Waals surface area contributed by atoms with Crippen LogP contribution in [0.5, 0.6) is 0 Å². The van der Waals surface area contributed by atoms with Gasteiger partial charge in [0.05, 0.1) is 10.6 Å². The molecule has 1 N–H and O–H groups in total. The molecule has 33 heavy (non-hydrogen) atoms. The van der Waals surface area contributed by atoms with E-state index < -0.39 is 4.92 Å². The zero-order valence-corrected chi connectivity index (χ0v) is 19.0. The number of carbonyl (C=O) groups is 1. The number of nitrogens with one attached hydrogen (secondary N) is 1. The lowest BCUT2D eigenvalue weighted by atomic mass is 10.0. The molecule has 1 aliphatic rings. The molecule has 1 aromatic carbocycles. The molecule has 4 rings (SSSR count). The molecular weight excluding hydrogens is 422 g/mol. The van der Waals surface area contributed by atoms with Gasteiger partial charge < -0.3 is 14.6 Å². The second-order valence-corrected chi connectivity index (χ2v) is 8.50. The number of hydrogen-bond donors (Lipinski definition) is 1. The highest BCUT2D eigenvalue weighted by molar-refractivity contribution is 5.94. The van der Waals surface area contributed by atoms with E-state index in [0.29, 0.717) is 35.4 Å². The second-order valence-electron chi connectivity index (χ2n) is 8.50. The molecule has 1 unspecified atom stereocenters. The lowest BCUT2D eigenvalue weighted by Crippen LogP contribution is -2.39. The Morgan fingerprint density at radius 2 is 2.12 bits per heavy atom. The topological polar surface area (TPSA) is 106 Å². The van der Waals surface area contributed by atoms with Crippen LogP contribution in [0.2, 0.25) is 0 Å². The smallest absolute Gasteiger partial charge is 0.271 e. The van der Waals surface area contributed by atoms with Gasteiger partial charge in [-0.25, -0.2) is 4.68 Å². The van der Waals surface area contributed by atoms with Gasteiger partial charge in [0.1, 0.15) is 17.1 Å². The van der Waals surface area contributed by atoms with Crippen molar-refractivity contribution >= 4 is 11.6 Å². The zero-order valence-electron chi connectivity index (χ0n) is 19.0. The molecule has 2 aromatic heterocycles. The fourth-order valence-corrected chi connectivity index (χ4v) is 4.24. The van der Waals surface area contributed by atoms with Gasteiger partial charge >= 0.3 is 0 Å². The number of hydrogen-bond acceptors (Lipinski definition) is 6. The average Bonchev–Trinajstić information content (AvgIpc) is 3.44. The first-order chi connectivity index (χ1) is 15.9. The molecule has 3 aromatic rings. The number of non-ortho nitro benzene ring substituents is 1. The van der Waals surface area contributed by atoms with Crippen LogP contribution in [0.25, 0.3) is 17.1 Å². The monoisotopic (exact) mass is 451 g/mol. The molecule has 1 fully saturated rings. The van der Waals surface area contributed by atoms with Gasteiger partial charge in [-0.2, -0.15) is 5.10 Å². The number of benzene rings is 1. The Kier molecular flexibility index (Phi) is 6.88. The Morgan fingerprint density at radius 3 is 2.85 bits per heavy atom. The molecule has 1 saturated heterocycles. The number of nitrogens with zero attached hydrogens (tertiary/aromatic N) is 4. The second kappa shape index (κ2) is 9.99. The van der Waals surface area contributed by atoms with Gasteiger partial charge in [0.25, 0.3) is 11.6 Å². The van der Waals surface area contributed by atoms with Gasteiger partial charge in [0, 0.05) is 37.3 Å². The lowest BCUT2D eigenvalue weighted by molar-refractivity contribution is -0.384. The lowest BCUT2D eigenvalue weighted by Gasteiger charge is -2.33. The number of piperidine rings is 1. The van der Waals surface area contributed by atoms with Crippen LogP contribution in [0, 0.1) is 17.0 Å². The molecular formula is C24H29N5O4. The van der Waals surface area contributed by atoms with Crippen molar-refractivity contribution < 1.29 is 14.1 Å². The number of aromatic nitrogens is 2. The van der Waals surface area contributed by atoms with E-state index in [4.69, 9.17) is 4.42 Å². The summed E-state index contributed by atoms with van der Waals surface area (Å²) in [5.41, 5.74) is 1.15. The minimum Gasteiger partial charge on any atom is -0.460 e. The van der Waals surface area contributed by atoms with Crippen LogP contribution in [-0.2, 0) is 0 Å². The van der Waals surface area contributed by atoms with Crippen LogP contribution in [0.1, 0.15) is 48.9 Å². The summed E-state index contributed by atoms with van der Waals surface area (Å²) in [6, 6.07) is 11.9. The van der Waals surface area contributed by atoms with Gasteiger partial charge in [-0.1, -0.05) is 12.5 Å². The Hall–Kier alpha value is -3.46. The average molecular weight is 452 g/mol. The van der Waals surface area contributed by atoms with Gasteiger partial charge in [-0.3, -0.25) is 14.9 Å². The van der Waals surface area contributed by atoms with E-state index in [1.54, 1.807) is 24.3 Å². The van der Waals surface area contributed by atoms with E-state index in [-0.39, 0.29) is 11.6 Å². The Balaban J connectivity index is 1.53. The summed E-state index contributed by atoms with van der Waals surface area (Å²) in [5, 5.41) is 18.7. The van der Waals surface area contributed by atoms with E-state index in [2.05, 4.69) is 22.2 Å². The largest absolute Gasteiger partial charge is 0.460 e. The molecule has 1 amide bonds. The molecule has 0 aliphatic carbocycles. The Morgan fingerprint density at radius 1 is 1.27 bits per heavy atom. The first-order valence-corrected chi connectivity index (χ1v) is 11.4. The molecule has 0 radical (unpaired) electrons. The van der Waals surface area contributed by atoms with E-state index >= 15 is 0 Å². The molecule has 9 heteroatoms. The third-order valence-electron chi connectivity index (χ3n) is 6.07. The molecule has 0 saturated carbocycles. The van der Waals surface area contributed by atoms with E-state index in [0.717, 1.165) is 25.3 Å². The number of aryl methyl sites for hydroxylation is 1. The van der Waals surface area contributed by atoms with Crippen LogP contribution >= 0.6 is 0 Å². The summed E-state index contributed by atoms with van der Waals surface area (Å²) in [6.07, 6.45) is 4.59. The van der Waals surface area contributed by atoms with Gasteiger partial charge in [-0.05, 0) is 57.9 Å². The number of nitro groups is 1. The number of nitro benzene ring substituents is 1. The third kappa shape index (κ3) is 5.31. The number of carbonyl (C=O) groups excluding carboxylic acids is 1. The van der Waals surface area contributed by atoms with Gasteiger partial charge in [0.15, 0.2) is 5.76 Å². The molecule has 1 atom stereocenters. The Bertz CT molecular complexity index is 1140. The predicted octanol–water partition coefficient (Wildman–Crippen LogP) is 4.34. The van der Waals surface area contributed by atoms with E-state index in [1.165, 1.54) is 36.1 Å². The third-order valence-corrected chi connectivity index (χ3v) is 6.07. The highest BCUT2D eigenvalue weighted by atomic mass is 16.6. The summed E-state index contributed by atoms with van der Waals surface area (Å²) >= 11 is 0. The van der Waals surface area contributed by atoms with Crippen LogP contribution in [0.4, 0.5) is 5.69 Å². The molecule has 1 aliphatic heterocycles. The van der Waals surface area contributed by atoms with Crippen molar-refractivity contribution in [2.24, 2.45) is 0 Å². The summed E-state index contributed by atoms with van der Waals surface area (Å²) < 4.78 is 7.10. The number of likely N-dealkylation sites (tertiary alicyclic amines) is 1. The number of rotatable bonds is 8. The maximum absolute atomic E-state index is 13.1. The fourth-order valence-electron chi connectivity index (χ4n) is 4.24. The Labute approximate surface area is 192 Å². The van der Waals surface area contributed by atoms with Crippen LogP contribution in [0.15, 0.2) is 46.9 Å². The zero-order chi connectivity index (χ0) is 23.4. The van der Waals surface area contributed by atoms with Crippen LogP contribution in [-0.4, -0.2) is 51.2 Å². The van der Waals surface area contributed by atoms with Crippen molar-refractivity contribution in [1.29, 1.82) is 0 Å². The van der Waals surface area contributed by atoms with Crippen molar-refractivity contribution in [3.8, 4) is 17.1 Å². The van der Waals surface area contributed by atoms with Crippen molar-refractivity contribution in [2.45, 2.75) is 45.6 Å². The van der Waals surface area contributed by atoms with Crippen molar-refractivity contribution in [3.63, 3.8) is 0 Å².